The number of nitrogens with zero attached hydrogens (tertiary/aromatic N) is 5. The fourth-order valence-corrected chi connectivity index (χ4v) is 12.4. The van der Waals surface area contributed by atoms with Crippen molar-refractivity contribution in [2.75, 3.05) is 57.4 Å². The first kappa shape index (κ1) is 49.4. The number of primary amides is 1. The second-order valence-electron chi connectivity index (χ2n) is 20.0. The highest BCUT2D eigenvalue weighted by atomic mass is 35.5. The van der Waals surface area contributed by atoms with Gasteiger partial charge in [-0.25, -0.2) is 18.0 Å². The predicted molar refractivity (Wildman–Crippen MR) is 267 cm³/mol. The number of ether oxygens (including phenoxy) is 2. The summed E-state index contributed by atoms with van der Waals surface area (Å²) in [6.45, 7) is 4.84. The number of halogens is 4. The van der Waals surface area contributed by atoms with Crippen molar-refractivity contribution < 1.29 is 41.8 Å². The quantitative estimate of drug-likeness (QED) is 0.0990. The molecule has 72 heavy (non-hydrogen) atoms. The molecule has 4 aromatic carbocycles. The van der Waals surface area contributed by atoms with Crippen LogP contribution in [0.25, 0.3) is 22.0 Å². The van der Waals surface area contributed by atoms with E-state index in [-0.39, 0.29) is 58.4 Å². The first-order chi connectivity index (χ1) is 34.8. The number of aryl methyl sites for hydroxylation is 1. The third-order valence-electron chi connectivity index (χ3n) is 16.0. The number of likely N-dealkylation sites (tertiary alicyclic amines) is 2. The van der Waals surface area contributed by atoms with Crippen molar-refractivity contribution in [2.45, 2.75) is 94.2 Å². The first-order valence-electron chi connectivity index (χ1n) is 25.2. The SMILES string of the molecule is CC1c2c(cc(F)c(Cl)c2-c2c(C(N)=O)ccc(OCCF)c2F)OC1(CCNC1CCC(C(=O)N2CC[C@@H](N3CCC(c4ccc5c(N6CCC(=O)NC6=O)nn(C)c5c4)CC3)C2)CC1)c1ccccc1. The summed E-state index contributed by atoms with van der Waals surface area (Å²) in [4.78, 5) is 57.3. The van der Waals surface area contributed by atoms with Gasteiger partial charge in [-0.2, -0.15) is 5.10 Å². The van der Waals surface area contributed by atoms with Crippen LogP contribution in [0.5, 0.6) is 11.5 Å². The Balaban J connectivity index is 0.746. The second-order valence-corrected chi connectivity index (χ2v) is 20.4. The van der Waals surface area contributed by atoms with Gasteiger partial charge in [0.2, 0.25) is 17.7 Å². The molecule has 380 valence electrons. The van der Waals surface area contributed by atoms with Gasteiger partial charge in [-0.1, -0.05) is 54.9 Å². The Kier molecular flexibility index (Phi) is 14.0. The normalized spacial score (nSPS) is 23.9. The van der Waals surface area contributed by atoms with E-state index in [9.17, 15) is 23.6 Å². The molecule has 5 heterocycles. The summed E-state index contributed by atoms with van der Waals surface area (Å²) in [6, 6.07) is 19.6. The van der Waals surface area contributed by atoms with Crippen molar-refractivity contribution >= 4 is 52.1 Å². The standard InChI is InChI=1S/C54H60ClF3N8O6/c1-31-45-43(29-40(57)48(55)47(45)46-39(50(59)68)14-15-42(49(46)58)71-27-21-56)72-54(31,35-6-4-3-5-7-35)20-22-60-36-11-8-33(9-12-36)52(69)65-25-18-37(30-65)64-23-16-32(17-24-64)34-10-13-38-41(28-34)63(2)62-51(38)66-26-19-44(67)61-53(66)70/h3-7,10,13-15,28-29,31-33,36-37,60H,8-9,11-12,16-27,30H2,1-2H3,(H2,59,68)(H,61,67,70)/t31?,33?,36?,37-,54?/m1/s1. The maximum Gasteiger partial charge on any atom is 0.329 e. The van der Waals surface area contributed by atoms with Gasteiger partial charge in [-0.15, -0.1) is 0 Å². The van der Waals surface area contributed by atoms with Crippen LogP contribution in [0.1, 0.15) is 104 Å². The molecule has 0 bridgehead atoms. The molecular formula is C54H60ClF3N8O6. The summed E-state index contributed by atoms with van der Waals surface area (Å²) >= 11 is 6.70. The maximum atomic E-state index is 16.4. The van der Waals surface area contributed by atoms with Crippen molar-refractivity contribution in [2.24, 2.45) is 18.7 Å². The minimum absolute atomic E-state index is 0.0326. The van der Waals surface area contributed by atoms with Crippen molar-refractivity contribution in [3.63, 3.8) is 0 Å². The Labute approximate surface area is 421 Å². The van der Waals surface area contributed by atoms with Crippen molar-refractivity contribution in [1.29, 1.82) is 0 Å². The van der Waals surface area contributed by atoms with Gasteiger partial charge in [0, 0.05) is 91.6 Å². The van der Waals surface area contributed by atoms with E-state index < -0.39 is 53.4 Å². The number of carbonyl (C=O) groups is 4. The molecule has 1 aliphatic carbocycles. The summed E-state index contributed by atoms with van der Waals surface area (Å²) in [6.07, 6.45) is 6.88. The zero-order valence-electron chi connectivity index (χ0n) is 40.5. The molecule has 4 fully saturated rings. The van der Waals surface area contributed by atoms with Gasteiger partial charge in [-0.05, 0) is 106 Å². The Morgan fingerprint density at radius 2 is 1.72 bits per heavy atom. The zero-order valence-corrected chi connectivity index (χ0v) is 41.3. The number of aromatic nitrogens is 2. The largest absolute Gasteiger partial charge is 0.488 e. The molecule has 18 heteroatoms. The fraction of sp³-hybridized carbons (Fsp3) is 0.463. The minimum atomic E-state index is -1.05. The van der Waals surface area contributed by atoms with Crippen molar-refractivity contribution in [3.8, 4) is 22.6 Å². The van der Waals surface area contributed by atoms with E-state index in [0.717, 1.165) is 87.6 Å². The summed E-state index contributed by atoms with van der Waals surface area (Å²) in [5.41, 5.74) is 7.47. The van der Waals surface area contributed by atoms with E-state index >= 15 is 8.78 Å². The number of nitrogens with two attached hydrogens (primary N) is 1. The topological polar surface area (TPSA) is 164 Å². The molecule has 5 aliphatic rings. The highest BCUT2D eigenvalue weighted by Gasteiger charge is 2.50. The minimum Gasteiger partial charge on any atom is -0.488 e. The van der Waals surface area contributed by atoms with Gasteiger partial charge in [0.25, 0.3) is 0 Å². The predicted octanol–water partition coefficient (Wildman–Crippen LogP) is 8.48. The van der Waals surface area contributed by atoms with E-state index in [2.05, 4.69) is 37.7 Å². The fourth-order valence-electron chi connectivity index (χ4n) is 12.2. The Morgan fingerprint density at radius 3 is 2.44 bits per heavy atom. The van der Waals surface area contributed by atoms with Gasteiger partial charge in [0.15, 0.2) is 17.4 Å². The third kappa shape index (κ3) is 9.16. The third-order valence-corrected chi connectivity index (χ3v) is 16.4. The van der Waals surface area contributed by atoms with E-state index in [1.807, 2.05) is 50.4 Å². The number of urea groups is 1. The molecule has 2 unspecified atom stereocenters. The zero-order chi connectivity index (χ0) is 50.4. The molecule has 1 aromatic heterocycles. The molecular weight excluding hydrogens is 949 g/mol. The van der Waals surface area contributed by atoms with Crippen LogP contribution in [-0.4, -0.2) is 108 Å². The van der Waals surface area contributed by atoms with Crippen LogP contribution in [0.2, 0.25) is 5.02 Å². The maximum absolute atomic E-state index is 16.4. The summed E-state index contributed by atoms with van der Waals surface area (Å²) in [5.74, 6) is -2.67. The van der Waals surface area contributed by atoms with Crippen LogP contribution >= 0.6 is 11.6 Å². The molecule has 5 aromatic rings. The number of fused-ring (bicyclic) bond motifs is 2. The number of amides is 5. The number of nitrogens with one attached hydrogen (secondary N) is 2. The number of anilines is 1. The molecule has 4 aliphatic heterocycles. The van der Waals surface area contributed by atoms with Crippen molar-refractivity contribution in [1.82, 2.24) is 30.2 Å². The van der Waals surface area contributed by atoms with E-state index in [1.54, 1.807) is 4.68 Å². The number of hydrogen-bond donors (Lipinski definition) is 3. The van der Waals surface area contributed by atoms with Crippen LogP contribution in [-0.2, 0) is 22.2 Å². The molecule has 0 spiro atoms. The molecule has 0 radical (unpaired) electrons. The number of benzene rings is 4. The smallest absolute Gasteiger partial charge is 0.329 e. The van der Waals surface area contributed by atoms with Gasteiger partial charge in [0.05, 0.1) is 16.1 Å². The molecule has 3 saturated heterocycles. The molecule has 10 rings (SSSR count). The monoisotopic (exact) mass is 1010 g/mol. The molecule has 3 atom stereocenters. The van der Waals surface area contributed by atoms with Crippen LogP contribution < -0.4 is 30.7 Å². The van der Waals surface area contributed by atoms with Gasteiger partial charge < -0.3 is 25.4 Å². The number of rotatable bonds is 14. The Hall–Kier alpha value is -6.17. The summed E-state index contributed by atoms with van der Waals surface area (Å²) < 4.78 is 59.3. The number of hydrogen-bond acceptors (Lipinski definition) is 9. The molecule has 14 nitrogen and oxygen atoms in total. The van der Waals surface area contributed by atoms with E-state index in [1.165, 1.54) is 28.7 Å². The van der Waals surface area contributed by atoms with Crippen molar-refractivity contribution in [3.05, 3.63) is 106 Å². The number of imide groups is 1. The molecule has 4 N–H and O–H groups in total. The summed E-state index contributed by atoms with van der Waals surface area (Å²) in [5, 5.41) is 11.2. The van der Waals surface area contributed by atoms with Gasteiger partial charge in [-0.3, -0.25) is 34.2 Å². The van der Waals surface area contributed by atoms with Gasteiger partial charge in [0.1, 0.15) is 30.4 Å². The van der Waals surface area contributed by atoms with E-state index in [4.69, 9.17) is 26.8 Å². The molecule has 1 saturated carbocycles. The number of alkyl halides is 1. The molecule has 5 amide bonds. The van der Waals surface area contributed by atoms with E-state index in [0.29, 0.717) is 42.9 Å². The lowest BCUT2D eigenvalue weighted by Crippen LogP contribution is -2.49. The Bertz CT molecular complexity index is 2910. The Morgan fingerprint density at radius 1 is 0.958 bits per heavy atom. The summed E-state index contributed by atoms with van der Waals surface area (Å²) in [7, 11) is 1.88. The van der Waals surface area contributed by atoms with Crippen LogP contribution in [0.4, 0.5) is 23.8 Å². The lowest BCUT2D eigenvalue weighted by atomic mass is 9.75. The van der Waals surface area contributed by atoms with Crippen LogP contribution in [0, 0.1) is 17.6 Å². The second kappa shape index (κ2) is 20.4. The average Bonchev–Trinajstić information content (AvgIpc) is 4.09. The number of carbonyl (C=O) groups excluding carboxylic acids is 4. The number of piperidine rings is 1. The van der Waals surface area contributed by atoms with Crippen LogP contribution in [0.15, 0.2) is 66.7 Å². The highest BCUT2D eigenvalue weighted by Crippen LogP contribution is 2.58. The van der Waals surface area contributed by atoms with Crippen LogP contribution in [0.3, 0.4) is 0 Å². The highest BCUT2D eigenvalue weighted by molar-refractivity contribution is 6.34. The average molecular weight is 1010 g/mol. The van der Waals surface area contributed by atoms with Gasteiger partial charge >= 0.3 is 6.03 Å². The lowest BCUT2D eigenvalue weighted by molar-refractivity contribution is -0.135. The lowest BCUT2D eigenvalue weighted by Gasteiger charge is -2.37. The first-order valence-corrected chi connectivity index (χ1v) is 25.6.